The number of amides is 1. The Labute approximate surface area is 178 Å². The molecule has 0 saturated heterocycles. The van der Waals surface area contributed by atoms with Gasteiger partial charge in [0.05, 0.1) is 13.7 Å². The van der Waals surface area contributed by atoms with E-state index in [1.54, 1.807) is 7.11 Å². The Morgan fingerprint density at radius 2 is 1.90 bits per heavy atom. The fourth-order valence-corrected chi connectivity index (χ4v) is 4.60. The van der Waals surface area contributed by atoms with Crippen LogP contribution in [0.15, 0.2) is 54.7 Å². The topological polar surface area (TPSA) is 57.4 Å². The van der Waals surface area contributed by atoms with Crippen LogP contribution in [0.25, 0.3) is 10.9 Å². The second-order valence-electron chi connectivity index (χ2n) is 8.27. The number of hydrogen-bond acceptors (Lipinski definition) is 3. The van der Waals surface area contributed by atoms with Crippen molar-refractivity contribution >= 4 is 16.8 Å². The number of methoxy groups -OCH3 is 1. The van der Waals surface area contributed by atoms with Crippen molar-refractivity contribution in [1.82, 2.24) is 15.2 Å². The molecular formula is C25H31N3O2. The van der Waals surface area contributed by atoms with Crippen molar-refractivity contribution in [3.05, 3.63) is 65.9 Å². The first-order valence-corrected chi connectivity index (χ1v) is 10.8. The summed E-state index contributed by atoms with van der Waals surface area (Å²) < 4.78 is 5.32. The molecule has 2 aromatic carbocycles. The van der Waals surface area contributed by atoms with Gasteiger partial charge in [-0.15, -0.1) is 0 Å². The fraction of sp³-hybridized carbons (Fsp3) is 0.400. The van der Waals surface area contributed by atoms with Crippen molar-refractivity contribution in [2.75, 3.05) is 27.2 Å². The van der Waals surface area contributed by atoms with Gasteiger partial charge in [0.2, 0.25) is 5.91 Å². The average Bonchev–Trinajstić information content (AvgIpc) is 3.45. The number of aromatic amines is 1. The number of rotatable bonds is 8. The third-order valence-electron chi connectivity index (χ3n) is 6.36. The number of carbonyl (C=O) groups is 1. The molecule has 1 saturated carbocycles. The quantitative estimate of drug-likeness (QED) is 0.587. The lowest BCUT2D eigenvalue weighted by molar-refractivity contribution is -0.122. The van der Waals surface area contributed by atoms with Crippen molar-refractivity contribution in [2.45, 2.75) is 37.6 Å². The molecule has 1 unspecified atom stereocenters. The lowest BCUT2D eigenvalue weighted by Gasteiger charge is -2.24. The number of nitrogens with one attached hydrogen (secondary N) is 2. The molecule has 1 atom stereocenters. The number of aromatic nitrogens is 1. The zero-order chi connectivity index (χ0) is 20.9. The van der Waals surface area contributed by atoms with Gasteiger partial charge in [-0.25, -0.2) is 0 Å². The van der Waals surface area contributed by atoms with Crippen molar-refractivity contribution in [3.8, 4) is 5.75 Å². The van der Waals surface area contributed by atoms with E-state index in [1.807, 2.05) is 18.2 Å². The average molecular weight is 406 g/mol. The highest BCUT2D eigenvalue weighted by Crippen LogP contribution is 2.31. The zero-order valence-electron chi connectivity index (χ0n) is 17.9. The molecule has 1 amide bonds. The smallest absolute Gasteiger partial charge is 0.234 e. The molecule has 5 heteroatoms. The van der Waals surface area contributed by atoms with Crippen LogP contribution in [0.1, 0.15) is 42.7 Å². The molecule has 5 nitrogen and oxygen atoms in total. The molecule has 0 radical (unpaired) electrons. The van der Waals surface area contributed by atoms with Gasteiger partial charge in [0, 0.05) is 35.6 Å². The van der Waals surface area contributed by atoms with Crippen LogP contribution in [-0.2, 0) is 4.79 Å². The Morgan fingerprint density at radius 3 is 2.63 bits per heavy atom. The molecule has 1 fully saturated rings. The van der Waals surface area contributed by atoms with Gasteiger partial charge in [-0.05, 0) is 49.2 Å². The summed E-state index contributed by atoms with van der Waals surface area (Å²) in [4.78, 5) is 18.3. The van der Waals surface area contributed by atoms with Crippen LogP contribution in [-0.4, -0.2) is 49.1 Å². The van der Waals surface area contributed by atoms with Gasteiger partial charge in [-0.2, -0.15) is 0 Å². The second kappa shape index (κ2) is 9.35. The number of fused-ring (bicyclic) bond motifs is 1. The van der Waals surface area contributed by atoms with Crippen molar-refractivity contribution in [1.29, 1.82) is 0 Å². The van der Waals surface area contributed by atoms with Crippen LogP contribution in [0.3, 0.4) is 0 Å². The van der Waals surface area contributed by atoms with Gasteiger partial charge in [-0.1, -0.05) is 43.2 Å². The molecule has 4 rings (SSSR count). The number of ether oxygens (including phenoxy) is 1. The van der Waals surface area contributed by atoms with Crippen LogP contribution in [0.2, 0.25) is 0 Å². The number of H-pyrrole nitrogens is 1. The van der Waals surface area contributed by atoms with Gasteiger partial charge >= 0.3 is 0 Å². The van der Waals surface area contributed by atoms with Gasteiger partial charge in [0.15, 0.2) is 0 Å². The minimum absolute atomic E-state index is 0.0628. The second-order valence-corrected chi connectivity index (χ2v) is 8.27. The third kappa shape index (κ3) is 4.51. The highest BCUT2D eigenvalue weighted by Gasteiger charge is 2.23. The number of para-hydroxylation sites is 1. The van der Waals surface area contributed by atoms with E-state index in [9.17, 15) is 4.79 Å². The Morgan fingerprint density at radius 1 is 1.17 bits per heavy atom. The number of nitrogens with zero attached hydrogens (tertiary/aromatic N) is 1. The SMILES string of the molecule is COc1ccc(C(CNC(=O)CN(C)C2CCCC2)c2c[nH]c3ccccc23)cc1. The van der Waals surface area contributed by atoms with Crippen LogP contribution >= 0.6 is 0 Å². The Bertz CT molecular complexity index is 973. The first-order valence-electron chi connectivity index (χ1n) is 10.8. The minimum atomic E-state index is 0.0628. The Hall–Kier alpha value is -2.79. The van der Waals surface area contributed by atoms with E-state index in [-0.39, 0.29) is 11.8 Å². The Balaban J connectivity index is 1.52. The van der Waals surface area contributed by atoms with Crippen LogP contribution in [0.5, 0.6) is 5.75 Å². The monoisotopic (exact) mass is 405 g/mol. The van der Waals surface area contributed by atoms with Gasteiger partial charge in [0.25, 0.3) is 0 Å². The van der Waals surface area contributed by atoms with Crippen LogP contribution in [0.4, 0.5) is 0 Å². The summed E-state index contributed by atoms with van der Waals surface area (Å²) in [6.45, 7) is 1.01. The number of benzene rings is 2. The molecule has 1 heterocycles. The molecule has 0 aliphatic heterocycles. The van der Waals surface area contributed by atoms with Crippen molar-refractivity contribution < 1.29 is 9.53 Å². The first-order chi connectivity index (χ1) is 14.7. The molecule has 158 valence electrons. The molecule has 3 aromatic rings. The molecule has 1 aliphatic carbocycles. The minimum Gasteiger partial charge on any atom is -0.497 e. The van der Waals surface area contributed by atoms with Gasteiger partial charge in [-0.3, -0.25) is 9.69 Å². The van der Waals surface area contributed by atoms with E-state index in [2.05, 4.69) is 58.8 Å². The van der Waals surface area contributed by atoms with E-state index in [0.29, 0.717) is 19.1 Å². The van der Waals surface area contributed by atoms with Gasteiger partial charge < -0.3 is 15.0 Å². The maximum Gasteiger partial charge on any atom is 0.234 e. The van der Waals surface area contributed by atoms with Crippen LogP contribution < -0.4 is 10.1 Å². The number of hydrogen-bond donors (Lipinski definition) is 2. The normalized spacial score (nSPS) is 15.6. The lowest BCUT2D eigenvalue weighted by atomic mass is 9.90. The largest absolute Gasteiger partial charge is 0.497 e. The molecule has 1 aliphatic rings. The molecule has 30 heavy (non-hydrogen) atoms. The van der Waals surface area contributed by atoms with Crippen LogP contribution in [0, 0.1) is 0 Å². The summed E-state index contributed by atoms with van der Waals surface area (Å²) >= 11 is 0. The summed E-state index contributed by atoms with van der Waals surface area (Å²) in [5.41, 5.74) is 3.46. The van der Waals surface area contributed by atoms with E-state index in [0.717, 1.165) is 16.8 Å². The summed E-state index contributed by atoms with van der Waals surface area (Å²) in [5, 5.41) is 4.38. The predicted molar refractivity (Wildman–Crippen MR) is 121 cm³/mol. The molecule has 0 bridgehead atoms. The van der Waals surface area contributed by atoms with E-state index < -0.39 is 0 Å². The van der Waals surface area contributed by atoms with Gasteiger partial charge in [0.1, 0.15) is 5.75 Å². The molecular weight excluding hydrogens is 374 g/mol. The van der Waals surface area contributed by atoms with Crippen molar-refractivity contribution in [2.24, 2.45) is 0 Å². The zero-order valence-corrected chi connectivity index (χ0v) is 17.9. The summed E-state index contributed by atoms with van der Waals surface area (Å²) in [6.07, 6.45) is 7.02. The predicted octanol–water partition coefficient (Wildman–Crippen LogP) is 4.30. The lowest BCUT2D eigenvalue weighted by Crippen LogP contribution is -2.40. The van der Waals surface area contributed by atoms with E-state index in [4.69, 9.17) is 4.74 Å². The van der Waals surface area contributed by atoms with Crippen molar-refractivity contribution in [3.63, 3.8) is 0 Å². The Kier molecular flexibility index (Phi) is 6.38. The standard InChI is InChI=1S/C25H31N3O2/c1-28(19-7-3-4-8-19)17-25(29)27-15-22(18-11-13-20(30-2)14-12-18)23-16-26-24-10-6-5-9-21(23)24/h5-6,9-14,16,19,22,26H,3-4,7-8,15,17H2,1-2H3,(H,27,29). The maximum absolute atomic E-state index is 12.7. The highest BCUT2D eigenvalue weighted by atomic mass is 16.5. The fourth-order valence-electron chi connectivity index (χ4n) is 4.60. The maximum atomic E-state index is 12.7. The summed E-state index contributed by atoms with van der Waals surface area (Å²) in [5.74, 6) is 0.981. The van der Waals surface area contributed by atoms with E-state index >= 15 is 0 Å². The van der Waals surface area contributed by atoms with E-state index in [1.165, 1.54) is 36.6 Å². The highest BCUT2D eigenvalue weighted by molar-refractivity contribution is 5.84. The third-order valence-corrected chi connectivity index (χ3v) is 6.36. The summed E-state index contributed by atoms with van der Waals surface area (Å²) in [7, 11) is 3.74. The molecule has 0 spiro atoms. The molecule has 1 aromatic heterocycles. The first kappa shape index (κ1) is 20.5. The number of carbonyl (C=O) groups excluding carboxylic acids is 1. The number of likely N-dealkylation sites (N-methyl/N-ethyl adjacent to an activating group) is 1. The molecule has 2 N–H and O–H groups in total. The summed E-state index contributed by atoms with van der Waals surface area (Å²) in [6, 6.07) is 17.0.